The number of carbonyl (C=O) groups excluding carboxylic acids is 1. The van der Waals surface area contributed by atoms with Gasteiger partial charge in [0.15, 0.2) is 0 Å². The van der Waals surface area contributed by atoms with Gasteiger partial charge in [0, 0.05) is 32.2 Å². The number of nitrogens with one attached hydrogen (secondary N) is 3. The SMILES string of the molecule is CC=C1Nc2cc(C(=O)NCC[NH+](C)Cc3ccccc3)ccc2Sc2ccc(C)cc21. The molecule has 1 aliphatic rings. The number of fused-ring (bicyclic) bond motifs is 2. The molecule has 0 saturated carbocycles. The molecular weight excluding hydrogens is 414 g/mol. The number of rotatable bonds is 6. The third-order valence-corrected chi connectivity index (χ3v) is 6.78. The van der Waals surface area contributed by atoms with E-state index in [1.807, 2.05) is 31.2 Å². The van der Waals surface area contributed by atoms with E-state index in [1.54, 1.807) is 11.8 Å². The van der Waals surface area contributed by atoms with E-state index in [4.69, 9.17) is 0 Å². The lowest BCUT2D eigenvalue weighted by Gasteiger charge is -2.15. The van der Waals surface area contributed by atoms with Crippen LogP contribution in [0, 0.1) is 6.92 Å². The molecule has 1 unspecified atom stereocenters. The molecule has 0 bridgehead atoms. The third kappa shape index (κ3) is 5.23. The van der Waals surface area contributed by atoms with Gasteiger partial charge in [0.05, 0.1) is 25.8 Å². The second-order valence-corrected chi connectivity index (χ2v) is 9.35. The molecule has 32 heavy (non-hydrogen) atoms. The Morgan fingerprint density at radius 3 is 2.62 bits per heavy atom. The van der Waals surface area contributed by atoms with Crippen molar-refractivity contribution in [2.24, 2.45) is 0 Å². The Morgan fingerprint density at radius 1 is 1.06 bits per heavy atom. The zero-order chi connectivity index (χ0) is 22.5. The highest BCUT2D eigenvalue weighted by atomic mass is 32.2. The van der Waals surface area contributed by atoms with Crippen LogP contribution >= 0.6 is 11.8 Å². The van der Waals surface area contributed by atoms with Crippen molar-refractivity contribution >= 4 is 29.1 Å². The van der Waals surface area contributed by atoms with Gasteiger partial charge in [0.25, 0.3) is 5.91 Å². The van der Waals surface area contributed by atoms with Crippen molar-refractivity contribution in [3.8, 4) is 0 Å². The highest BCUT2D eigenvalue weighted by molar-refractivity contribution is 7.99. The first kappa shape index (κ1) is 22.2. The first-order valence-electron chi connectivity index (χ1n) is 11.0. The number of allylic oxidation sites excluding steroid dienone is 1. The van der Waals surface area contributed by atoms with Crippen molar-refractivity contribution in [2.45, 2.75) is 30.2 Å². The molecule has 1 amide bonds. The summed E-state index contributed by atoms with van der Waals surface area (Å²) in [6.07, 6.45) is 2.09. The molecule has 5 heteroatoms. The van der Waals surface area contributed by atoms with Crippen LogP contribution in [-0.2, 0) is 6.54 Å². The molecule has 0 fully saturated rings. The number of likely N-dealkylation sites (N-methyl/N-ethyl adjacent to an activating group) is 1. The van der Waals surface area contributed by atoms with Crippen molar-refractivity contribution in [2.75, 3.05) is 25.5 Å². The Hall–Kier alpha value is -3.02. The molecule has 4 nitrogen and oxygen atoms in total. The van der Waals surface area contributed by atoms with Crippen LogP contribution in [0.1, 0.15) is 34.0 Å². The lowest BCUT2D eigenvalue weighted by Crippen LogP contribution is -3.08. The van der Waals surface area contributed by atoms with Crippen LogP contribution in [0.3, 0.4) is 0 Å². The molecule has 3 aromatic rings. The van der Waals surface area contributed by atoms with Crippen molar-refractivity contribution in [1.82, 2.24) is 5.32 Å². The van der Waals surface area contributed by atoms with Gasteiger partial charge in [-0.2, -0.15) is 0 Å². The number of aryl methyl sites for hydroxylation is 1. The number of benzene rings is 3. The Labute approximate surface area is 194 Å². The monoisotopic (exact) mass is 444 g/mol. The molecule has 0 aromatic heterocycles. The Balaban J connectivity index is 1.41. The van der Waals surface area contributed by atoms with Gasteiger partial charge >= 0.3 is 0 Å². The molecule has 3 N–H and O–H groups in total. The lowest BCUT2D eigenvalue weighted by molar-refractivity contribution is -0.892. The van der Waals surface area contributed by atoms with Gasteiger partial charge < -0.3 is 15.5 Å². The smallest absolute Gasteiger partial charge is 0.251 e. The van der Waals surface area contributed by atoms with E-state index >= 15 is 0 Å². The number of hydrogen-bond donors (Lipinski definition) is 3. The van der Waals surface area contributed by atoms with Gasteiger partial charge in [0.1, 0.15) is 6.54 Å². The van der Waals surface area contributed by atoms with Crippen molar-refractivity contribution in [3.05, 3.63) is 95.1 Å². The fourth-order valence-electron chi connectivity index (χ4n) is 3.88. The average molecular weight is 445 g/mol. The maximum atomic E-state index is 12.8. The highest BCUT2D eigenvalue weighted by Gasteiger charge is 2.19. The zero-order valence-corrected chi connectivity index (χ0v) is 19.7. The van der Waals surface area contributed by atoms with Crippen LogP contribution in [0.25, 0.3) is 5.70 Å². The Morgan fingerprint density at radius 2 is 1.84 bits per heavy atom. The molecule has 1 aliphatic heterocycles. The van der Waals surface area contributed by atoms with Gasteiger partial charge in [0.2, 0.25) is 0 Å². The third-order valence-electron chi connectivity index (χ3n) is 5.63. The molecular formula is C27H30N3OS+. The van der Waals surface area contributed by atoms with E-state index in [2.05, 4.69) is 73.1 Å². The van der Waals surface area contributed by atoms with Gasteiger partial charge in [-0.3, -0.25) is 4.79 Å². The maximum absolute atomic E-state index is 12.8. The van der Waals surface area contributed by atoms with E-state index in [0.717, 1.165) is 29.4 Å². The summed E-state index contributed by atoms with van der Waals surface area (Å²) >= 11 is 1.74. The number of quaternary nitrogens is 1. The molecule has 1 atom stereocenters. The number of amides is 1. The van der Waals surface area contributed by atoms with Gasteiger partial charge in [-0.1, -0.05) is 59.8 Å². The molecule has 0 spiro atoms. The van der Waals surface area contributed by atoms with Crippen molar-refractivity contribution in [1.29, 1.82) is 0 Å². The topological polar surface area (TPSA) is 45.6 Å². The Bertz CT molecular complexity index is 1140. The predicted octanol–water partition coefficient (Wildman–Crippen LogP) is 4.38. The first-order chi connectivity index (χ1) is 15.5. The quantitative estimate of drug-likeness (QED) is 0.529. The summed E-state index contributed by atoms with van der Waals surface area (Å²) in [4.78, 5) is 16.5. The highest BCUT2D eigenvalue weighted by Crippen LogP contribution is 2.42. The van der Waals surface area contributed by atoms with Crippen LogP contribution in [0.4, 0.5) is 5.69 Å². The minimum absolute atomic E-state index is 0.0354. The average Bonchev–Trinajstić information content (AvgIpc) is 2.95. The minimum atomic E-state index is -0.0354. The van der Waals surface area contributed by atoms with Gasteiger partial charge in [-0.05, 0) is 44.2 Å². The van der Waals surface area contributed by atoms with Crippen molar-refractivity contribution in [3.63, 3.8) is 0 Å². The summed E-state index contributed by atoms with van der Waals surface area (Å²) in [6.45, 7) is 6.61. The molecule has 3 aromatic carbocycles. The zero-order valence-electron chi connectivity index (χ0n) is 18.9. The summed E-state index contributed by atoms with van der Waals surface area (Å²) in [5.74, 6) is -0.0354. The lowest BCUT2D eigenvalue weighted by atomic mass is 10.1. The fourth-order valence-corrected chi connectivity index (χ4v) is 4.89. The molecule has 1 heterocycles. The van der Waals surface area contributed by atoms with Crippen LogP contribution in [0.2, 0.25) is 0 Å². The maximum Gasteiger partial charge on any atom is 0.251 e. The summed E-state index contributed by atoms with van der Waals surface area (Å²) < 4.78 is 0. The van der Waals surface area contributed by atoms with Crippen LogP contribution in [-0.4, -0.2) is 26.0 Å². The number of hydrogen-bond acceptors (Lipinski definition) is 3. The summed E-state index contributed by atoms with van der Waals surface area (Å²) in [5, 5.41) is 6.62. The number of carbonyl (C=O) groups is 1. The van der Waals surface area contributed by atoms with E-state index in [1.165, 1.54) is 26.5 Å². The molecule has 0 radical (unpaired) electrons. The molecule has 0 aliphatic carbocycles. The van der Waals surface area contributed by atoms with Gasteiger partial charge in [-0.15, -0.1) is 0 Å². The molecule has 4 rings (SSSR count). The Kier molecular flexibility index (Phi) is 6.98. The molecule has 164 valence electrons. The van der Waals surface area contributed by atoms with E-state index in [-0.39, 0.29) is 5.91 Å². The van der Waals surface area contributed by atoms with E-state index in [9.17, 15) is 4.79 Å². The number of anilines is 1. The van der Waals surface area contributed by atoms with Crippen LogP contribution in [0.15, 0.2) is 82.6 Å². The minimum Gasteiger partial charge on any atom is -0.354 e. The van der Waals surface area contributed by atoms with E-state index < -0.39 is 0 Å². The second-order valence-electron chi connectivity index (χ2n) is 8.27. The molecule has 0 saturated heterocycles. The summed E-state index contributed by atoms with van der Waals surface area (Å²) in [5.41, 5.74) is 6.45. The first-order valence-corrected chi connectivity index (χ1v) is 11.8. The van der Waals surface area contributed by atoms with E-state index in [0.29, 0.717) is 12.1 Å². The predicted molar refractivity (Wildman–Crippen MR) is 133 cm³/mol. The largest absolute Gasteiger partial charge is 0.354 e. The van der Waals surface area contributed by atoms with Gasteiger partial charge in [-0.25, -0.2) is 0 Å². The fraction of sp³-hybridized carbons (Fsp3) is 0.222. The normalized spacial score (nSPS) is 14.7. The summed E-state index contributed by atoms with van der Waals surface area (Å²) in [6, 6.07) is 22.9. The second kappa shape index (κ2) is 10.1. The standard InChI is InChI=1S/C27H29N3OS/c1-4-23-22-16-19(2)10-12-25(22)32-26-13-11-21(17-24(26)29-23)27(31)28-14-15-30(3)18-20-8-6-5-7-9-20/h4-13,16-17,29H,14-15,18H2,1-3H3,(H,28,31)/p+1. The van der Waals surface area contributed by atoms with Crippen LogP contribution < -0.4 is 15.5 Å². The van der Waals surface area contributed by atoms with Crippen LogP contribution in [0.5, 0.6) is 0 Å². The van der Waals surface area contributed by atoms with Crippen molar-refractivity contribution < 1.29 is 9.69 Å². The summed E-state index contributed by atoms with van der Waals surface area (Å²) in [7, 11) is 2.15.